The molecule has 4 aliphatic rings. The first-order valence-electron chi connectivity index (χ1n) is 4.99. The summed E-state index contributed by atoms with van der Waals surface area (Å²) in [6.45, 7) is 0. The van der Waals surface area contributed by atoms with E-state index in [4.69, 9.17) is 5.73 Å². The fourth-order valence-electron chi connectivity index (χ4n) is 3.81. The quantitative estimate of drug-likeness (QED) is 0.584. The molecule has 2 nitrogen and oxygen atoms in total. The van der Waals surface area contributed by atoms with Gasteiger partial charge in [0.15, 0.2) is 0 Å². The molecule has 0 aromatic rings. The van der Waals surface area contributed by atoms with Crippen LogP contribution >= 0.6 is 0 Å². The molecule has 4 rings (SSSR count). The van der Waals surface area contributed by atoms with E-state index >= 15 is 0 Å². The zero-order valence-corrected chi connectivity index (χ0v) is 7.25. The maximum atomic E-state index is 11.7. The Labute approximate surface area is 72.5 Å². The smallest absolute Gasteiger partial charge is 0.139 e. The molecule has 0 heterocycles. The van der Waals surface area contributed by atoms with E-state index in [-0.39, 0.29) is 5.54 Å². The Kier molecular flexibility index (Phi) is 1.13. The first kappa shape index (κ1) is 7.07. The topological polar surface area (TPSA) is 43.1 Å². The van der Waals surface area contributed by atoms with E-state index in [1.165, 1.54) is 6.42 Å². The van der Waals surface area contributed by atoms with E-state index < -0.39 is 0 Å². The summed E-state index contributed by atoms with van der Waals surface area (Å²) in [5.74, 6) is 2.01. The number of hydrogen-bond donors (Lipinski definition) is 1. The zero-order chi connectivity index (χ0) is 8.34. The molecule has 4 bridgehead atoms. The van der Waals surface area contributed by atoms with Crippen LogP contribution in [0.15, 0.2) is 0 Å². The molecule has 66 valence electrons. The fraction of sp³-hybridized carbons (Fsp3) is 0.900. The summed E-state index contributed by atoms with van der Waals surface area (Å²) in [5, 5.41) is 0. The second kappa shape index (κ2) is 1.92. The van der Waals surface area contributed by atoms with E-state index in [1.807, 2.05) is 0 Å². The zero-order valence-electron chi connectivity index (χ0n) is 7.25. The standard InChI is InChI=1S/C10H15NO/c11-10-3-6-1-7(4-10)9(12)8(2-6)5-10/h6-8H,1-5,11H2. The minimum Gasteiger partial charge on any atom is -0.325 e. The Hall–Kier alpha value is -0.370. The molecule has 2 unspecified atom stereocenters. The molecule has 0 aliphatic heterocycles. The van der Waals surface area contributed by atoms with Gasteiger partial charge in [-0.3, -0.25) is 4.79 Å². The number of Topliss-reactive ketones (excluding diaryl/α,β-unsaturated/α-hetero) is 1. The summed E-state index contributed by atoms with van der Waals surface area (Å²) in [4.78, 5) is 11.7. The van der Waals surface area contributed by atoms with Crippen molar-refractivity contribution in [2.24, 2.45) is 23.5 Å². The summed E-state index contributed by atoms with van der Waals surface area (Å²) in [5.41, 5.74) is 6.29. The van der Waals surface area contributed by atoms with Crippen LogP contribution in [-0.4, -0.2) is 11.3 Å². The van der Waals surface area contributed by atoms with Gasteiger partial charge in [-0.1, -0.05) is 0 Å². The van der Waals surface area contributed by atoms with Crippen LogP contribution in [0.2, 0.25) is 0 Å². The van der Waals surface area contributed by atoms with Crippen molar-refractivity contribution < 1.29 is 4.79 Å². The monoisotopic (exact) mass is 165 g/mol. The summed E-state index contributed by atoms with van der Waals surface area (Å²) in [6, 6.07) is 0. The van der Waals surface area contributed by atoms with Gasteiger partial charge in [-0.05, 0) is 38.0 Å². The van der Waals surface area contributed by atoms with E-state index in [0.717, 1.165) is 31.6 Å². The van der Waals surface area contributed by atoms with Gasteiger partial charge in [0.1, 0.15) is 5.78 Å². The van der Waals surface area contributed by atoms with Crippen molar-refractivity contribution in [1.29, 1.82) is 0 Å². The molecule has 2 N–H and O–H groups in total. The Morgan fingerprint density at radius 1 is 1.17 bits per heavy atom. The summed E-state index contributed by atoms with van der Waals surface area (Å²) < 4.78 is 0. The highest BCUT2D eigenvalue weighted by molar-refractivity contribution is 5.85. The Morgan fingerprint density at radius 2 is 1.75 bits per heavy atom. The van der Waals surface area contributed by atoms with Crippen molar-refractivity contribution in [3.8, 4) is 0 Å². The van der Waals surface area contributed by atoms with Gasteiger partial charge in [0.25, 0.3) is 0 Å². The van der Waals surface area contributed by atoms with Crippen LogP contribution in [0.3, 0.4) is 0 Å². The molecule has 0 aromatic carbocycles. The molecule has 2 atom stereocenters. The highest BCUT2D eigenvalue weighted by Gasteiger charge is 2.53. The first-order valence-corrected chi connectivity index (χ1v) is 4.99. The van der Waals surface area contributed by atoms with Gasteiger partial charge in [0, 0.05) is 17.4 Å². The number of nitrogens with two attached hydrogens (primary N) is 1. The third kappa shape index (κ3) is 0.764. The van der Waals surface area contributed by atoms with E-state index in [0.29, 0.717) is 17.6 Å². The number of rotatable bonds is 0. The lowest BCUT2D eigenvalue weighted by Gasteiger charge is -2.53. The van der Waals surface area contributed by atoms with Crippen LogP contribution in [0.5, 0.6) is 0 Å². The highest BCUT2D eigenvalue weighted by atomic mass is 16.1. The van der Waals surface area contributed by atoms with Gasteiger partial charge in [-0.15, -0.1) is 0 Å². The Balaban J connectivity index is 2.00. The average molecular weight is 165 g/mol. The minimum atomic E-state index is 0.0599. The van der Waals surface area contributed by atoms with Gasteiger partial charge in [0.2, 0.25) is 0 Å². The molecule has 0 spiro atoms. The molecule has 12 heavy (non-hydrogen) atoms. The molecule has 0 radical (unpaired) electrons. The van der Waals surface area contributed by atoms with Crippen molar-refractivity contribution >= 4 is 5.78 Å². The normalized spacial score (nSPS) is 56.4. The van der Waals surface area contributed by atoms with E-state index in [2.05, 4.69) is 0 Å². The predicted octanol–water partition coefficient (Wildman–Crippen LogP) is 1.09. The number of hydrogen-bond acceptors (Lipinski definition) is 2. The van der Waals surface area contributed by atoms with Crippen LogP contribution in [0.4, 0.5) is 0 Å². The van der Waals surface area contributed by atoms with E-state index in [9.17, 15) is 4.79 Å². The van der Waals surface area contributed by atoms with Crippen LogP contribution < -0.4 is 5.73 Å². The lowest BCUT2D eigenvalue weighted by atomic mass is 9.53. The predicted molar refractivity (Wildman–Crippen MR) is 45.5 cm³/mol. The average Bonchev–Trinajstić information content (AvgIpc) is 1.96. The van der Waals surface area contributed by atoms with Crippen molar-refractivity contribution in [2.45, 2.75) is 37.6 Å². The van der Waals surface area contributed by atoms with Crippen molar-refractivity contribution in [1.82, 2.24) is 0 Å². The molecule has 4 fully saturated rings. The molecule has 4 aliphatic carbocycles. The SMILES string of the molecule is NC12CC3CC(C1)C(=O)C(C3)C2. The van der Waals surface area contributed by atoms with Crippen LogP contribution in [0, 0.1) is 17.8 Å². The molecular formula is C10H15NO. The number of ketones is 1. The first-order chi connectivity index (χ1) is 5.66. The third-order valence-electron chi connectivity index (χ3n) is 4.04. The Morgan fingerprint density at radius 3 is 2.25 bits per heavy atom. The number of carbonyl (C=O) groups is 1. The van der Waals surface area contributed by atoms with Gasteiger partial charge in [-0.2, -0.15) is 0 Å². The van der Waals surface area contributed by atoms with Gasteiger partial charge in [-0.25, -0.2) is 0 Å². The maximum absolute atomic E-state index is 11.7. The molecule has 0 saturated heterocycles. The van der Waals surface area contributed by atoms with Gasteiger partial charge < -0.3 is 5.73 Å². The molecule has 0 amide bonds. The maximum Gasteiger partial charge on any atom is 0.139 e. The van der Waals surface area contributed by atoms with Crippen LogP contribution in [-0.2, 0) is 4.79 Å². The van der Waals surface area contributed by atoms with Crippen LogP contribution in [0.1, 0.15) is 32.1 Å². The minimum absolute atomic E-state index is 0.0599. The highest BCUT2D eigenvalue weighted by Crippen LogP contribution is 2.52. The Bertz CT molecular complexity index is 230. The molecular weight excluding hydrogens is 150 g/mol. The summed E-state index contributed by atoms with van der Waals surface area (Å²) in [7, 11) is 0. The lowest BCUT2D eigenvalue weighted by Crippen LogP contribution is -2.59. The van der Waals surface area contributed by atoms with E-state index in [1.54, 1.807) is 0 Å². The second-order valence-corrected chi connectivity index (χ2v) is 5.11. The van der Waals surface area contributed by atoms with Crippen molar-refractivity contribution in [2.75, 3.05) is 0 Å². The van der Waals surface area contributed by atoms with Gasteiger partial charge >= 0.3 is 0 Å². The molecule has 2 heteroatoms. The second-order valence-electron chi connectivity index (χ2n) is 5.11. The molecule has 4 saturated carbocycles. The number of carbonyl (C=O) groups excluding carboxylic acids is 1. The summed E-state index contributed by atoms with van der Waals surface area (Å²) >= 11 is 0. The largest absolute Gasteiger partial charge is 0.325 e. The van der Waals surface area contributed by atoms with Crippen molar-refractivity contribution in [3.05, 3.63) is 0 Å². The van der Waals surface area contributed by atoms with Crippen LogP contribution in [0.25, 0.3) is 0 Å². The fourth-order valence-corrected chi connectivity index (χ4v) is 3.81. The lowest BCUT2D eigenvalue weighted by molar-refractivity contribution is -0.141. The summed E-state index contributed by atoms with van der Waals surface area (Å²) in [6.07, 6.45) is 5.45. The third-order valence-corrected chi connectivity index (χ3v) is 4.04. The van der Waals surface area contributed by atoms with Gasteiger partial charge in [0.05, 0.1) is 0 Å². The molecule has 0 aromatic heterocycles. The van der Waals surface area contributed by atoms with Crippen molar-refractivity contribution in [3.63, 3.8) is 0 Å².